The Hall–Kier alpha value is -12.2. The maximum atomic E-state index is 13.5. The Bertz CT molecular complexity index is 4780. The maximum absolute atomic E-state index is 13.5. The second-order valence-corrected chi connectivity index (χ2v) is 33.2. The van der Waals surface area contributed by atoms with E-state index in [2.05, 4.69) is 157 Å². The molecule has 2 aliphatic rings. The van der Waals surface area contributed by atoms with E-state index in [-0.39, 0.29) is 23.9 Å². The lowest BCUT2D eigenvalue weighted by atomic mass is 10.0. The highest BCUT2D eigenvalue weighted by Gasteiger charge is 2.22. The number of nitrogens with one attached hydrogen (secondary N) is 2. The minimum absolute atomic E-state index is 0.274. The first-order valence-electron chi connectivity index (χ1n) is 48.3. The van der Waals surface area contributed by atoms with Gasteiger partial charge in [0.15, 0.2) is 0 Å². The first-order chi connectivity index (χ1) is 63.1. The van der Waals surface area contributed by atoms with E-state index in [0.717, 1.165) is 298 Å². The Labute approximate surface area is 765 Å². The van der Waals surface area contributed by atoms with Crippen LogP contribution in [0.4, 0.5) is 0 Å². The number of fused-ring (bicyclic) bond motifs is 8. The lowest BCUT2D eigenvalue weighted by molar-refractivity contribution is -0.135. The topological polar surface area (TPSA) is 163 Å². The van der Waals surface area contributed by atoms with E-state index < -0.39 is 0 Å². The predicted molar refractivity (Wildman–Crippen MR) is 530 cm³/mol. The van der Waals surface area contributed by atoms with Crippen LogP contribution in [-0.4, -0.2) is 43.8 Å². The number of aromatic amines is 2. The highest BCUT2D eigenvalue weighted by atomic mass is 16.5. The average Bonchev–Trinajstić information content (AvgIpc) is 1.61. The van der Waals surface area contributed by atoms with E-state index in [4.69, 9.17) is 28.9 Å². The Morgan fingerprint density at radius 3 is 0.586 bits per heavy atom. The zero-order valence-corrected chi connectivity index (χ0v) is 77.0. The summed E-state index contributed by atoms with van der Waals surface area (Å²) in [7, 11) is 0. The number of esters is 4. The van der Waals surface area contributed by atoms with Gasteiger partial charge in [0.1, 0.15) is 23.0 Å². The number of unbranched alkanes of at least 4 members (excludes halogenated alkanes) is 36. The van der Waals surface area contributed by atoms with Gasteiger partial charge in [0.25, 0.3) is 0 Å². The van der Waals surface area contributed by atoms with Crippen LogP contribution in [0.2, 0.25) is 0 Å². The molecule has 9 rings (SSSR count). The number of nitrogens with zero attached hydrogens (tertiary/aromatic N) is 2. The average molecular weight is 1710 g/mol. The number of hydrogen-bond donors (Lipinski definition) is 2. The van der Waals surface area contributed by atoms with Gasteiger partial charge in [0, 0.05) is 121 Å². The van der Waals surface area contributed by atoms with Gasteiger partial charge in [0.05, 0.1) is 22.8 Å². The number of rotatable bonds is 52. The summed E-state index contributed by atoms with van der Waals surface area (Å²) in [6, 6.07) is 38.7. The Morgan fingerprint density at radius 2 is 0.398 bits per heavy atom. The van der Waals surface area contributed by atoms with Crippen LogP contribution in [0.1, 0.15) is 359 Å². The van der Waals surface area contributed by atoms with Crippen molar-refractivity contribution < 1.29 is 38.1 Å². The molecule has 128 heavy (non-hydrogen) atoms. The van der Waals surface area contributed by atoms with Crippen molar-refractivity contribution in [3.05, 3.63) is 144 Å². The largest absolute Gasteiger partial charge is 0.427 e. The van der Waals surface area contributed by atoms with Crippen LogP contribution >= 0.6 is 0 Å². The van der Waals surface area contributed by atoms with Gasteiger partial charge in [-0.1, -0.05) is 278 Å². The molecular weight excluding hydrogens is 1580 g/mol. The normalized spacial score (nSPS) is 10.8. The number of carbonyl (C=O) groups excluding carboxylic acids is 4. The highest BCUT2D eigenvalue weighted by molar-refractivity contribution is 6.00. The van der Waals surface area contributed by atoms with Gasteiger partial charge < -0.3 is 28.9 Å². The van der Waals surface area contributed by atoms with Crippen molar-refractivity contribution in [3.8, 4) is 162 Å². The van der Waals surface area contributed by atoms with Gasteiger partial charge >= 0.3 is 23.9 Å². The smallest absolute Gasteiger partial charge is 0.311 e. The zero-order valence-electron chi connectivity index (χ0n) is 77.0. The van der Waals surface area contributed by atoms with Gasteiger partial charge in [-0.25, -0.2) is 9.97 Å². The monoisotopic (exact) mass is 1710 g/mol. The molecule has 2 aliphatic heterocycles. The van der Waals surface area contributed by atoms with E-state index >= 15 is 0 Å². The zero-order chi connectivity index (χ0) is 89.7. The van der Waals surface area contributed by atoms with Gasteiger partial charge in [-0.3, -0.25) is 19.2 Å². The molecule has 0 unspecified atom stereocenters. The van der Waals surface area contributed by atoms with E-state index in [1.807, 2.05) is 121 Å². The molecule has 0 spiro atoms. The fourth-order valence-corrected chi connectivity index (χ4v) is 15.4. The molecule has 0 fully saturated rings. The lowest BCUT2D eigenvalue weighted by Crippen LogP contribution is -2.07. The lowest BCUT2D eigenvalue weighted by Gasteiger charge is -2.09. The standard InChI is InChI=1S/C116H134N4O8/c1-5-9-13-17-21-25-29-33-37-41-45-49-53-57-61-65-109(121)125-97-77-69-93(70-78-97)113-101-85-87-103(117-101)114(94-71-79-98(80-72-94)126-110(122)66-62-58-54-50-46-42-38-34-30-26-22-18-14-10-6-2)105-89-91-107(119-105)116(96-75-83-100(84-76-96)128-112(124)68-64-60-56-52-48-44-40-36-32-28-24-20-16-12-8-4)108-92-90-106(120-108)115(104-88-86-102(113)118-104)95-73-81-99(82-74-95)127-111(123)67-63-59-55-51-47-43-39-35-31-27-23-19-15-11-7-3/h69-92,117,120H,5-20,37-68H2,1-4H3. The fourth-order valence-electron chi connectivity index (χ4n) is 15.4. The van der Waals surface area contributed by atoms with Crippen molar-refractivity contribution >= 4 is 70.2 Å². The molecule has 12 nitrogen and oxygen atoms in total. The van der Waals surface area contributed by atoms with Crippen molar-refractivity contribution in [2.45, 2.75) is 336 Å². The van der Waals surface area contributed by atoms with E-state index in [0.29, 0.717) is 71.5 Å². The first-order valence-corrected chi connectivity index (χ1v) is 48.3. The molecule has 0 aliphatic carbocycles. The van der Waals surface area contributed by atoms with Gasteiger partial charge in [-0.15, -0.1) is 0 Å². The summed E-state index contributed by atoms with van der Waals surface area (Å²) >= 11 is 0. The third kappa shape index (κ3) is 37.8. The van der Waals surface area contributed by atoms with Crippen LogP contribution in [0.25, 0.3) is 90.9 Å². The minimum atomic E-state index is -0.274. The number of H-pyrrole nitrogens is 2. The third-order valence-corrected chi connectivity index (χ3v) is 22.6. The van der Waals surface area contributed by atoms with Gasteiger partial charge in [-0.2, -0.15) is 0 Å². The molecule has 0 saturated heterocycles. The molecule has 0 amide bonds. The maximum Gasteiger partial charge on any atom is 0.311 e. The molecule has 3 aromatic heterocycles. The molecule has 0 radical (unpaired) electrons. The van der Waals surface area contributed by atoms with Crippen LogP contribution in [0.15, 0.2) is 121 Å². The van der Waals surface area contributed by atoms with Crippen LogP contribution in [0.5, 0.6) is 23.0 Å². The minimum Gasteiger partial charge on any atom is -0.427 e. The van der Waals surface area contributed by atoms with E-state index in [1.54, 1.807) is 0 Å². The molecule has 0 atom stereocenters. The van der Waals surface area contributed by atoms with Crippen LogP contribution in [0.3, 0.4) is 0 Å². The van der Waals surface area contributed by atoms with Crippen molar-refractivity contribution in [1.29, 1.82) is 0 Å². The SMILES string of the molecule is CCCCCC#CC#CCCCCCCCCC(=O)Oc1ccc(-c2c3nc(c(-c4ccc(OC(=O)CCCCCCCCC#CC#CCCCCC)cc4)c4ccc([nH]4)c(-c4ccc(OC(=O)CCCCCCCCC#CC#CCCCCC)cc4)c4nc(c(-c5ccc(OC(=O)CCCCCCCCC#CC#CCCCCC)cc5)c5ccc2[nH]5)C=C4)C=C3)cc1. The summed E-state index contributed by atoms with van der Waals surface area (Å²) in [5.41, 5.74) is 12.2. The molecule has 8 bridgehead atoms. The second-order valence-electron chi connectivity index (χ2n) is 33.2. The first kappa shape index (κ1) is 99.6. The Morgan fingerprint density at radius 1 is 0.227 bits per heavy atom. The number of ether oxygens (including phenoxy) is 4. The van der Waals surface area contributed by atoms with Crippen molar-refractivity contribution in [1.82, 2.24) is 19.9 Å². The molecule has 0 saturated carbocycles. The van der Waals surface area contributed by atoms with Gasteiger partial charge in [0.2, 0.25) is 0 Å². The Balaban J connectivity index is 0.990. The quantitative estimate of drug-likeness (QED) is 0.0162. The fraction of sp³-hybridized carbons (Fsp3) is 0.448. The summed E-state index contributed by atoms with van der Waals surface area (Å²) in [5.74, 6) is 50.1. The number of benzene rings is 4. The predicted octanol–water partition coefficient (Wildman–Crippen LogP) is 29.8. The van der Waals surface area contributed by atoms with Crippen molar-refractivity contribution in [3.63, 3.8) is 0 Å². The Kier molecular flexibility index (Phi) is 47.7. The molecule has 12 heteroatoms. The number of carbonyl (C=O) groups is 4. The summed E-state index contributed by atoms with van der Waals surface area (Å²) in [6.07, 6.45) is 54.5. The van der Waals surface area contributed by atoms with Crippen molar-refractivity contribution in [2.24, 2.45) is 0 Å². The molecule has 5 heterocycles. The van der Waals surface area contributed by atoms with E-state index in [9.17, 15) is 19.2 Å². The second kappa shape index (κ2) is 61.3. The highest BCUT2D eigenvalue weighted by Crippen LogP contribution is 2.40. The molecule has 2 N–H and O–H groups in total. The van der Waals surface area contributed by atoms with E-state index in [1.165, 1.54) is 51.4 Å². The summed E-state index contributed by atoms with van der Waals surface area (Å²) in [4.78, 5) is 72.6. The number of aromatic nitrogens is 4. The molecule has 4 aromatic carbocycles. The van der Waals surface area contributed by atoms with Crippen LogP contribution in [-0.2, 0) is 19.2 Å². The van der Waals surface area contributed by atoms with Crippen molar-refractivity contribution in [2.75, 3.05) is 0 Å². The van der Waals surface area contributed by atoms with Crippen LogP contribution < -0.4 is 18.9 Å². The number of hydrogen-bond acceptors (Lipinski definition) is 10. The van der Waals surface area contributed by atoms with Gasteiger partial charge in [-0.05, 0) is 244 Å². The molecular formula is C116H134N4O8. The summed E-state index contributed by atoms with van der Waals surface area (Å²) in [6.45, 7) is 8.79. The summed E-state index contributed by atoms with van der Waals surface area (Å²) in [5, 5.41) is 0. The summed E-state index contributed by atoms with van der Waals surface area (Å²) < 4.78 is 24.0. The molecule has 7 aromatic rings. The van der Waals surface area contributed by atoms with Crippen LogP contribution in [0, 0.1) is 94.7 Å². The third-order valence-electron chi connectivity index (χ3n) is 22.6. The molecule has 666 valence electrons.